The van der Waals surface area contributed by atoms with Crippen LogP contribution in [-0.2, 0) is 9.59 Å². The highest BCUT2D eigenvalue weighted by atomic mass is 16.6. The van der Waals surface area contributed by atoms with E-state index < -0.39 is 22.7 Å². The van der Waals surface area contributed by atoms with Crippen molar-refractivity contribution in [3.63, 3.8) is 0 Å². The van der Waals surface area contributed by atoms with Crippen LogP contribution in [-0.4, -0.2) is 64.8 Å². The molecule has 9 nitrogen and oxygen atoms in total. The fraction of sp³-hybridized carbons (Fsp3) is 0.333. The lowest BCUT2D eigenvalue weighted by Gasteiger charge is -2.26. The molecule has 0 aliphatic carbocycles. The van der Waals surface area contributed by atoms with Gasteiger partial charge in [-0.15, -0.1) is 0 Å². The maximum atomic E-state index is 13.0. The van der Waals surface area contributed by atoms with Gasteiger partial charge in [0.05, 0.1) is 22.6 Å². The van der Waals surface area contributed by atoms with E-state index in [1.807, 2.05) is 32.8 Å². The highest BCUT2D eigenvalue weighted by Gasteiger charge is 2.46. The molecule has 0 aromatic heterocycles. The van der Waals surface area contributed by atoms with Crippen LogP contribution in [0, 0.1) is 10.1 Å². The molecule has 1 saturated heterocycles. The quantitative estimate of drug-likeness (QED) is 0.214. The molecule has 0 spiro atoms. The fourth-order valence-corrected chi connectivity index (χ4v) is 3.69. The molecule has 0 radical (unpaired) electrons. The van der Waals surface area contributed by atoms with Crippen LogP contribution in [0.15, 0.2) is 54.1 Å². The maximum absolute atomic E-state index is 13.0. The van der Waals surface area contributed by atoms with Crippen molar-refractivity contribution in [3.8, 4) is 5.75 Å². The molecule has 174 valence electrons. The van der Waals surface area contributed by atoms with Gasteiger partial charge in [-0.1, -0.05) is 12.1 Å². The lowest BCUT2D eigenvalue weighted by molar-refractivity contribution is -0.384. The summed E-state index contributed by atoms with van der Waals surface area (Å²) < 4.78 is 5.61. The number of carbonyl (C=O) groups is 2. The second-order valence-corrected chi connectivity index (χ2v) is 8.34. The van der Waals surface area contributed by atoms with Crippen LogP contribution in [0.4, 0.5) is 5.69 Å². The van der Waals surface area contributed by atoms with E-state index in [2.05, 4.69) is 0 Å². The fourth-order valence-electron chi connectivity index (χ4n) is 3.69. The average molecular weight is 453 g/mol. The molecule has 0 bridgehead atoms. The normalized spacial score (nSPS) is 17.8. The molecule has 0 saturated carbocycles. The number of likely N-dealkylation sites (N-methyl/N-ethyl adjacent to an activating group) is 1. The predicted molar refractivity (Wildman–Crippen MR) is 123 cm³/mol. The minimum atomic E-state index is -0.948. The molecule has 1 unspecified atom stereocenters. The Kier molecular flexibility index (Phi) is 7.13. The second kappa shape index (κ2) is 9.83. The Balaban J connectivity index is 2.11. The van der Waals surface area contributed by atoms with Crippen molar-refractivity contribution in [3.05, 3.63) is 75.3 Å². The Labute approximate surface area is 192 Å². The Morgan fingerprint density at radius 2 is 1.85 bits per heavy atom. The highest BCUT2D eigenvalue weighted by molar-refractivity contribution is 6.46. The number of amides is 1. The molecule has 2 aromatic rings. The van der Waals surface area contributed by atoms with Gasteiger partial charge in [0.15, 0.2) is 0 Å². The number of ether oxygens (including phenoxy) is 1. The van der Waals surface area contributed by atoms with Gasteiger partial charge < -0.3 is 19.6 Å². The van der Waals surface area contributed by atoms with Gasteiger partial charge in [0.2, 0.25) is 0 Å². The first-order chi connectivity index (χ1) is 15.6. The maximum Gasteiger partial charge on any atom is 0.295 e. The summed E-state index contributed by atoms with van der Waals surface area (Å²) in [7, 11) is 3.67. The highest BCUT2D eigenvalue weighted by Crippen LogP contribution is 2.40. The van der Waals surface area contributed by atoms with Gasteiger partial charge in [-0.05, 0) is 57.8 Å². The third-order valence-corrected chi connectivity index (χ3v) is 5.22. The lowest BCUT2D eigenvalue weighted by Crippen LogP contribution is -2.35. The molecule has 3 rings (SSSR count). The molecule has 1 amide bonds. The van der Waals surface area contributed by atoms with Crippen LogP contribution in [0.5, 0.6) is 5.75 Å². The van der Waals surface area contributed by atoms with Gasteiger partial charge in [-0.3, -0.25) is 19.7 Å². The summed E-state index contributed by atoms with van der Waals surface area (Å²) in [5.74, 6) is -1.32. The lowest BCUT2D eigenvalue weighted by atomic mass is 9.95. The number of nitrogens with zero attached hydrogens (tertiary/aromatic N) is 3. The van der Waals surface area contributed by atoms with E-state index >= 15 is 0 Å². The molecule has 33 heavy (non-hydrogen) atoms. The summed E-state index contributed by atoms with van der Waals surface area (Å²) in [6.45, 7) is 4.47. The summed E-state index contributed by atoms with van der Waals surface area (Å²) in [6, 6.07) is 11.4. The monoisotopic (exact) mass is 453 g/mol. The van der Waals surface area contributed by atoms with Gasteiger partial charge in [-0.25, -0.2) is 0 Å². The standard InChI is InChI=1S/C24H27N3O6/c1-15(2)33-19-10-8-16(9-11-19)22(28)20-21(17-6-5-7-18(14-17)27(31)32)26(13-12-25(3)4)24(30)23(20)29/h5-11,14-15,21,28H,12-13H2,1-4H3. The zero-order valence-corrected chi connectivity index (χ0v) is 19.0. The predicted octanol–water partition coefficient (Wildman–Crippen LogP) is 3.37. The first kappa shape index (κ1) is 23.9. The van der Waals surface area contributed by atoms with Crippen LogP contribution < -0.4 is 4.74 Å². The SMILES string of the molecule is CC(C)Oc1ccc(C(O)=C2C(=O)C(=O)N(CCN(C)C)C2c2cccc([N+](=O)[O-])c2)cc1. The van der Waals surface area contributed by atoms with Crippen molar-refractivity contribution >= 4 is 23.1 Å². The minimum Gasteiger partial charge on any atom is -0.507 e. The Morgan fingerprint density at radius 3 is 2.42 bits per heavy atom. The summed E-state index contributed by atoms with van der Waals surface area (Å²) in [5, 5.41) is 22.4. The summed E-state index contributed by atoms with van der Waals surface area (Å²) in [5.41, 5.74) is 0.452. The van der Waals surface area contributed by atoms with E-state index in [1.165, 1.54) is 23.1 Å². The van der Waals surface area contributed by atoms with Crippen LogP contribution >= 0.6 is 0 Å². The molecule has 9 heteroatoms. The van der Waals surface area contributed by atoms with Crippen LogP contribution in [0.1, 0.15) is 31.0 Å². The molecular weight excluding hydrogens is 426 g/mol. The van der Waals surface area contributed by atoms with Gasteiger partial charge in [0.1, 0.15) is 11.5 Å². The first-order valence-corrected chi connectivity index (χ1v) is 10.5. The van der Waals surface area contributed by atoms with E-state index in [4.69, 9.17) is 4.74 Å². The van der Waals surface area contributed by atoms with Gasteiger partial charge in [0, 0.05) is 30.8 Å². The number of nitro groups is 1. The molecule has 1 atom stereocenters. The van der Waals surface area contributed by atoms with Crippen molar-refractivity contribution < 1.29 is 24.4 Å². The molecule has 1 heterocycles. The number of likely N-dealkylation sites (tertiary alicyclic amines) is 1. The van der Waals surface area contributed by atoms with Crippen LogP contribution in [0.2, 0.25) is 0 Å². The van der Waals surface area contributed by atoms with E-state index in [0.29, 0.717) is 23.4 Å². The van der Waals surface area contributed by atoms with E-state index in [1.54, 1.807) is 30.3 Å². The number of non-ortho nitro benzene ring substituents is 1. The molecule has 1 N–H and O–H groups in total. The van der Waals surface area contributed by atoms with E-state index in [9.17, 15) is 24.8 Å². The number of nitro benzene ring substituents is 1. The zero-order chi connectivity index (χ0) is 24.3. The van der Waals surface area contributed by atoms with Gasteiger partial charge in [-0.2, -0.15) is 0 Å². The summed E-state index contributed by atoms with van der Waals surface area (Å²) >= 11 is 0. The molecule has 1 aliphatic heterocycles. The van der Waals surface area contributed by atoms with Crippen molar-refractivity contribution in [2.75, 3.05) is 27.2 Å². The number of Topliss-reactive ketones (excluding diaryl/α,β-unsaturated/α-hetero) is 1. The molecular formula is C24H27N3O6. The average Bonchev–Trinajstić information content (AvgIpc) is 3.02. The van der Waals surface area contributed by atoms with Crippen molar-refractivity contribution in [2.45, 2.75) is 26.0 Å². The van der Waals surface area contributed by atoms with Crippen molar-refractivity contribution in [1.82, 2.24) is 9.80 Å². The number of aliphatic hydroxyl groups is 1. The van der Waals surface area contributed by atoms with Crippen molar-refractivity contribution in [2.24, 2.45) is 0 Å². The largest absolute Gasteiger partial charge is 0.507 e. The summed E-state index contributed by atoms with van der Waals surface area (Å²) in [4.78, 5) is 39.9. The number of ketones is 1. The van der Waals surface area contributed by atoms with Crippen molar-refractivity contribution in [1.29, 1.82) is 0 Å². The molecule has 1 aliphatic rings. The van der Waals surface area contributed by atoms with Crippen LogP contribution in [0.25, 0.3) is 5.76 Å². The Bertz CT molecular complexity index is 1090. The smallest absolute Gasteiger partial charge is 0.295 e. The van der Waals surface area contributed by atoms with E-state index in [-0.39, 0.29) is 29.7 Å². The Morgan fingerprint density at radius 1 is 1.18 bits per heavy atom. The van der Waals surface area contributed by atoms with Gasteiger partial charge >= 0.3 is 0 Å². The van der Waals surface area contributed by atoms with Crippen LogP contribution in [0.3, 0.4) is 0 Å². The summed E-state index contributed by atoms with van der Waals surface area (Å²) in [6.07, 6.45) is -0.0275. The number of hydrogen-bond donors (Lipinski definition) is 1. The number of aliphatic hydroxyl groups excluding tert-OH is 1. The van der Waals surface area contributed by atoms with E-state index in [0.717, 1.165) is 0 Å². The third kappa shape index (κ3) is 5.20. The third-order valence-electron chi connectivity index (χ3n) is 5.22. The topological polar surface area (TPSA) is 113 Å². The molecule has 1 fully saturated rings. The second-order valence-electron chi connectivity index (χ2n) is 8.34. The number of rotatable bonds is 8. The minimum absolute atomic E-state index is 0.0275. The zero-order valence-electron chi connectivity index (χ0n) is 19.0. The molecule has 2 aromatic carbocycles. The number of benzene rings is 2. The first-order valence-electron chi connectivity index (χ1n) is 10.5. The Hall–Kier alpha value is -3.72. The number of hydrogen-bond acceptors (Lipinski definition) is 7. The number of carbonyl (C=O) groups excluding carboxylic acids is 2. The van der Waals surface area contributed by atoms with Gasteiger partial charge in [0.25, 0.3) is 17.4 Å².